The summed E-state index contributed by atoms with van der Waals surface area (Å²) in [6.45, 7) is 2.74. The number of rotatable bonds is 3. The molecular formula is C16H24O10. The number of ether oxygens (including phenoxy) is 4. The zero-order valence-electron chi connectivity index (χ0n) is 14.3. The van der Waals surface area contributed by atoms with Crippen LogP contribution in [-0.2, 0) is 18.9 Å². The second-order valence-electron chi connectivity index (χ2n) is 7.61. The molecule has 0 aromatic rings. The van der Waals surface area contributed by atoms with Crippen LogP contribution in [0.3, 0.4) is 0 Å². The number of aliphatic hydroxyl groups excluding tert-OH is 5. The van der Waals surface area contributed by atoms with E-state index >= 15 is 0 Å². The smallest absolute Gasteiger partial charge is 0.210 e. The molecule has 0 bridgehead atoms. The van der Waals surface area contributed by atoms with Crippen molar-refractivity contribution in [2.24, 2.45) is 5.92 Å². The van der Waals surface area contributed by atoms with Crippen molar-refractivity contribution in [1.82, 2.24) is 0 Å². The van der Waals surface area contributed by atoms with Crippen LogP contribution in [0.5, 0.6) is 0 Å². The fraction of sp³-hybridized carbons (Fsp3) is 0.875. The summed E-state index contributed by atoms with van der Waals surface area (Å²) in [7, 11) is 0. The summed E-state index contributed by atoms with van der Waals surface area (Å²) in [5.74, 6) is -0.813. The number of aliphatic hydroxyl groups is 6. The molecule has 1 aliphatic carbocycles. The fourth-order valence-corrected chi connectivity index (χ4v) is 4.44. The molecule has 1 saturated carbocycles. The van der Waals surface area contributed by atoms with Crippen LogP contribution in [0.15, 0.2) is 11.8 Å². The molecule has 2 saturated heterocycles. The van der Waals surface area contributed by atoms with Gasteiger partial charge in [0.05, 0.1) is 18.8 Å². The molecule has 10 heteroatoms. The molecule has 0 aromatic carbocycles. The van der Waals surface area contributed by atoms with Gasteiger partial charge in [0, 0.05) is 0 Å². The number of hydrogen-bond donors (Lipinski definition) is 6. The van der Waals surface area contributed by atoms with Gasteiger partial charge in [0.2, 0.25) is 6.29 Å². The summed E-state index contributed by atoms with van der Waals surface area (Å²) in [4.78, 5) is 0. The van der Waals surface area contributed by atoms with Crippen molar-refractivity contribution < 1.29 is 49.6 Å². The van der Waals surface area contributed by atoms with E-state index in [4.69, 9.17) is 18.9 Å². The van der Waals surface area contributed by atoms with Gasteiger partial charge in [0.1, 0.15) is 47.8 Å². The Labute approximate surface area is 149 Å². The Morgan fingerprint density at radius 2 is 1.81 bits per heavy atom. The minimum atomic E-state index is -1.63. The monoisotopic (exact) mass is 376 g/mol. The number of epoxide rings is 1. The van der Waals surface area contributed by atoms with Crippen LogP contribution in [0, 0.1) is 5.92 Å². The molecule has 0 amide bonds. The molecule has 0 spiro atoms. The highest BCUT2D eigenvalue weighted by Gasteiger charge is 2.80. The van der Waals surface area contributed by atoms with Crippen LogP contribution in [0.1, 0.15) is 13.8 Å². The Morgan fingerprint density at radius 1 is 1.12 bits per heavy atom. The first-order valence-electron chi connectivity index (χ1n) is 8.53. The van der Waals surface area contributed by atoms with Crippen LogP contribution < -0.4 is 0 Å². The molecule has 3 aliphatic heterocycles. The Kier molecular flexibility index (Phi) is 4.16. The van der Waals surface area contributed by atoms with Gasteiger partial charge in [0.15, 0.2) is 6.29 Å². The van der Waals surface area contributed by atoms with Gasteiger partial charge in [-0.25, -0.2) is 0 Å². The van der Waals surface area contributed by atoms with Crippen LogP contribution in [0.4, 0.5) is 0 Å². The Balaban J connectivity index is 1.59. The van der Waals surface area contributed by atoms with Gasteiger partial charge in [-0.2, -0.15) is 0 Å². The first-order chi connectivity index (χ1) is 12.2. The molecule has 0 radical (unpaired) electrons. The van der Waals surface area contributed by atoms with Gasteiger partial charge in [-0.3, -0.25) is 0 Å². The molecule has 4 rings (SSSR count). The van der Waals surface area contributed by atoms with Gasteiger partial charge in [0.25, 0.3) is 0 Å². The quantitative estimate of drug-likeness (QED) is 0.279. The van der Waals surface area contributed by atoms with E-state index in [1.54, 1.807) is 13.8 Å². The van der Waals surface area contributed by atoms with Crippen LogP contribution in [0.25, 0.3) is 0 Å². The molecule has 0 unspecified atom stereocenters. The van der Waals surface area contributed by atoms with Crippen molar-refractivity contribution in [2.75, 3.05) is 6.61 Å². The summed E-state index contributed by atoms with van der Waals surface area (Å²) >= 11 is 0. The summed E-state index contributed by atoms with van der Waals surface area (Å²) in [6, 6.07) is 0. The summed E-state index contributed by atoms with van der Waals surface area (Å²) in [5.41, 5.74) is -2.10. The van der Waals surface area contributed by atoms with Gasteiger partial charge >= 0.3 is 0 Å². The van der Waals surface area contributed by atoms with E-state index in [1.165, 1.54) is 6.26 Å². The van der Waals surface area contributed by atoms with E-state index in [0.717, 1.165) is 0 Å². The average molecular weight is 376 g/mol. The molecular weight excluding hydrogens is 352 g/mol. The SMILES string of the molecule is CC1=CO[C@@H](O[C@@H]2O[C@H](CO)[C@@H](O)[C@@H](O)[C@@H]2O)[C@@H]2[C@@]3(C)O[C@H]3[C@@H](O)[C@]12O. The second kappa shape index (κ2) is 5.84. The molecule has 4 aliphatic rings. The molecule has 0 aromatic heterocycles. The maximum Gasteiger partial charge on any atom is 0.210 e. The standard InChI is InChI=1S/C16H24O10/c1-5-4-23-14(10-15(2)12(26-15)11(21)16(5,10)22)25-13-9(20)8(19)7(18)6(3-17)24-13/h4,6-14,17-22H,3H2,1-2H3/t6-,7-,8-,9+,10-,11-,12+,13+,14+,15-,16+/m1/s1. The van der Waals surface area contributed by atoms with Crippen LogP contribution >= 0.6 is 0 Å². The minimum absolute atomic E-state index is 0.417. The predicted octanol–water partition coefficient (Wildman–Crippen LogP) is -3.06. The zero-order chi connectivity index (χ0) is 19.0. The summed E-state index contributed by atoms with van der Waals surface area (Å²) in [5, 5.41) is 60.7. The predicted molar refractivity (Wildman–Crippen MR) is 81.2 cm³/mol. The molecule has 6 N–H and O–H groups in total. The van der Waals surface area contributed by atoms with Gasteiger partial charge < -0.3 is 49.6 Å². The third-order valence-corrected chi connectivity index (χ3v) is 6.12. The molecule has 11 atom stereocenters. The van der Waals surface area contributed by atoms with Crippen LogP contribution in [0.2, 0.25) is 0 Å². The highest BCUT2D eigenvalue weighted by molar-refractivity contribution is 5.35. The third-order valence-electron chi connectivity index (χ3n) is 6.12. The maximum absolute atomic E-state index is 11.1. The lowest BCUT2D eigenvalue weighted by molar-refractivity contribution is -0.350. The molecule has 3 fully saturated rings. The molecule has 10 nitrogen and oxygen atoms in total. The van der Waals surface area contributed by atoms with E-state index < -0.39 is 72.9 Å². The third kappa shape index (κ3) is 2.25. The first-order valence-corrected chi connectivity index (χ1v) is 8.53. The largest absolute Gasteiger partial charge is 0.472 e. The molecule has 148 valence electrons. The van der Waals surface area contributed by atoms with Gasteiger partial charge in [-0.1, -0.05) is 0 Å². The highest BCUT2D eigenvalue weighted by atomic mass is 16.8. The summed E-state index contributed by atoms with van der Waals surface area (Å²) < 4.78 is 22.1. The van der Waals surface area contributed by atoms with Crippen LogP contribution in [-0.4, -0.2) is 97.7 Å². The van der Waals surface area contributed by atoms with Crippen molar-refractivity contribution in [2.45, 2.75) is 74.3 Å². The van der Waals surface area contributed by atoms with Crippen molar-refractivity contribution in [3.8, 4) is 0 Å². The number of hydrogen-bond acceptors (Lipinski definition) is 10. The van der Waals surface area contributed by atoms with Crippen molar-refractivity contribution >= 4 is 0 Å². The topological polar surface area (TPSA) is 162 Å². The lowest BCUT2D eigenvalue weighted by Crippen LogP contribution is -2.62. The van der Waals surface area contributed by atoms with E-state index in [9.17, 15) is 30.6 Å². The second-order valence-corrected chi connectivity index (χ2v) is 7.61. The van der Waals surface area contributed by atoms with E-state index in [1.807, 2.05) is 0 Å². The summed E-state index contributed by atoms with van der Waals surface area (Å²) in [6.07, 6.45) is -8.91. The lowest BCUT2D eigenvalue weighted by Gasteiger charge is -2.46. The van der Waals surface area contributed by atoms with Crippen molar-refractivity contribution in [3.63, 3.8) is 0 Å². The van der Waals surface area contributed by atoms with Gasteiger partial charge in [-0.15, -0.1) is 0 Å². The number of fused-ring (bicyclic) bond motifs is 3. The normalized spacial score (nSPS) is 58.5. The Hall–Kier alpha value is -0.820. The fourth-order valence-electron chi connectivity index (χ4n) is 4.44. The van der Waals surface area contributed by atoms with E-state index in [-0.39, 0.29) is 0 Å². The van der Waals surface area contributed by atoms with E-state index in [0.29, 0.717) is 5.57 Å². The molecule has 26 heavy (non-hydrogen) atoms. The van der Waals surface area contributed by atoms with Crippen molar-refractivity contribution in [3.05, 3.63) is 11.8 Å². The first kappa shape index (κ1) is 18.5. The average Bonchev–Trinajstić information content (AvgIpc) is 3.25. The molecule has 3 heterocycles. The minimum Gasteiger partial charge on any atom is -0.472 e. The van der Waals surface area contributed by atoms with Crippen molar-refractivity contribution in [1.29, 1.82) is 0 Å². The Bertz CT molecular complexity index is 610. The van der Waals surface area contributed by atoms with Gasteiger partial charge in [-0.05, 0) is 19.4 Å². The zero-order valence-corrected chi connectivity index (χ0v) is 14.3. The lowest BCUT2D eigenvalue weighted by atomic mass is 9.77. The highest BCUT2D eigenvalue weighted by Crippen LogP contribution is 2.62. The Morgan fingerprint density at radius 3 is 2.46 bits per heavy atom. The van der Waals surface area contributed by atoms with E-state index in [2.05, 4.69) is 0 Å². The maximum atomic E-state index is 11.1.